The number of rotatable bonds is 2. The van der Waals surface area contributed by atoms with Crippen LogP contribution in [0.3, 0.4) is 0 Å². The van der Waals surface area contributed by atoms with Crippen molar-refractivity contribution in [1.29, 1.82) is 0 Å². The number of hydrogen-bond donors (Lipinski definition) is 1. The number of fused-ring (bicyclic) bond motifs is 1. The molecule has 3 rings (SSSR count). The van der Waals surface area contributed by atoms with E-state index in [2.05, 4.69) is 9.55 Å². The first-order valence-corrected chi connectivity index (χ1v) is 7.72. The first-order chi connectivity index (χ1) is 8.77. The van der Waals surface area contributed by atoms with Crippen LogP contribution in [0.15, 0.2) is 6.20 Å². The van der Waals surface area contributed by atoms with Crippen LogP contribution in [0.1, 0.15) is 54.8 Å². The highest BCUT2D eigenvalue weighted by molar-refractivity contribution is 7.99. The Bertz CT molecular complexity index is 452. The topological polar surface area (TPSA) is 55.1 Å². The van der Waals surface area contributed by atoms with E-state index in [0.717, 1.165) is 30.9 Å². The average molecular weight is 266 g/mol. The lowest BCUT2D eigenvalue weighted by molar-refractivity contribution is -0.139. The molecule has 2 atom stereocenters. The first kappa shape index (κ1) is 12.1. The highest BCUT2D eigenvalue weighted by Crippen LogP contribution is 2.40. The van der Waals surface area contributed by atoms with Crippen LogP contribution in [0.5, 0.6) is 0 Å². The maximum absolute atomic E-state index is 11.3. The third-order valence-electron chi connectivity index (χ3n) is 3.91. The van der Waals surface area contributed by atoms with Crippen LogP contribution in [-0.4, -0.2) is 26.4 Å². The Labute approximate surface area is 111 Å². The fourth-order valence-corrected chi connectivity index (χ4v) is 4.30. The number of thioether (sulfide) groups is 1. The number of carboxylic acid groups (broad SMARTS) is 1. The number of hydrogen-bond acceptors (Lipinski definition) is 3. The minimum Gasteiger partial charge on any atom is -0.481 e. The standard InChI is InChI=1S/C13H18N2O2S/c16-13(17)9-4-3-6-15-10(9)8-14-12(15)11-5-1-2-7-18-11/h8-9,11H,1-7H2,(H,16,17). The molecule has 4 nitrogen and oxygen atoms in total. The van der Waals surface area contributed by atoms with Crippen molar-refractivity contribution < 1.29 is 9.90 Å². The van der Waals surface area contributed by atoms with Gasteiger partial charge in [0.05, 0.1) is 16.9 Å². The van der Waals surface area contributed by atoms with E-state index in [1.165, 1.54) is 25.0 Å². The molecule has 2 unspecified atom stereocenters. The van der Waals surface area contributed by atoms with Crippen LogP contribution in [0.2, 0.25) is 0 Å². The van der Waals surface area contributed by atoms with Gasteiger partial charge in [-0.25, -0.2) is 4.98 Å². The van der Waals surface area contributed by atoms with E-state index in [1.54, 1.807) is 6.20 Å². The fraction of sp³-hybridized carbons (Fsp3) is 0.692. The summed E-state index contributed by atoms with van der Waals surface area (Å²) in [5, 5.41) is 9.73. The summed E-state index contributed by atoms with van der Waals surface area (Å²) in [5.41, 5.74) is 0.912. The molecule has 1 aromatic heterocycles. The number of nitrogens with zero attached hydrogens (tertiary/aromatic N) is 2. The Balaban J connectivity index is 1.91. The molecule has 0 amide bonds. The highest BCUT2D eigenvalue weighted by Gasteiger charge is 2.31. The van der Waals surface area contributed by atoms with E-state index < -0.39 is 5.97 Å². The zero-order valence-corrected chi connectivity index (χ0v) is 11.2. The van der Waals surface area contributed by atoms with Crippen molar-refractivity contribution in [2.75, 3.05) is 5.75 Å². The third-order valence-corrected chi connectivity index (χ3v) is 5.29. The molecule has 0 bridgehead atoms. The van der Waals surface area contributed by atoms with Gasteiger partial charge in [0, 0.05) is 12.7 Å². The minimum atomic E-state index is -0.710. The molecule has 0 spiro atoms. The molecule has 18 heavy (non-hydrogen) atoms. The molecule has 2 aliphatic rings. The largest absolute Gasteiger partial charge is 0.481 e. The second kappa shape index (κ2) is 4.96. The molecule has 1 N–H and O–H groups in total. The summed E-state index contributed by atoms with van der Waals surface area (Å²) in [6.07, 6.45) is 7.24. The predicted octanol–water partition coefficient (Wildman–Crippen LogP) is 2.80. The Kier molecular flexibility index (Phi) is 3.33. The van der Waals surface area contributed by atoms with Crippen molar-refractivity contribution in [2.45, 2.75) is 49.8 Å². The lowest BCUT2D eigenvalue weighted by Crippen LogP contribution is -2.23. The molecule has 0 aromatic carbocycles. The summed E-state index contributed by atoms with van der Waals surface area (Å²) in [6, 6.07) is 0. The van der Waals surface area contributed by atoms with E-state index in [1.807, 2.05) is 11.8 Å². The van der Waals surface area contributed by atoms with Gasteiger partial charge in [0.15, 0.2) is 0 Å². The van der Waals surface area contributed by atoms with Gasteiger partial charge in [-0.15, -0.1) is 0 Å². The van der Waals surface area contributed by atoms with Gasteiger partial charge in [0.2, 0.25) is 0 Å². The van der Waals surface area contributed by atoms with Crippen molar-refractivity contribution in [3.05, 3.63) is 17.7 Å². The van der Waals surface area contributed by atoms with Gasteiger partial charge in [0.1, 0.15) is 5.82 Å². The normalized spacial score (nSPS) is 27.8. The van der Waals surface area contributed by atoms with Gasteiger partial charge in [-0.05, 0) is 31.4 Å². The molecule has 2 aliphatic heterocycles. The van der Waals surface area contributed by atoms with Gasteiger partial charge in [-0.3, -0.25) is 4.79 Å². The first-order valence-electron chi connectivity index (χ1n) is 6.67. The van der Waals surface area contributed by atoms with E-state index >= 15 is 0 Å². The molecule has 0 aliphatic carbocycles. The van der Waals surface area contributed by atoms with Crippen LogP contribution < -0.4 is 0 Å². The average Bonchev–Trinajstić information content (AvgIpc) is 2.83. The number of aliphatic carboxylic acids is 1. The summed E-state index contributed by atoms with van der Waals surface area (Å²) in [5.74, 6) is 1.25. The molecule has 1 fully saturated rings. The lowest BCUT2D eigenvalue weighted by atomic mass is 9.96. The number of imidazole rings is 1. The molecule has 3 heterocycles. The second-order valence-corrected chi connectivity index (χ2v) is 6.39. The molecular formula is C13H18N2O2S. The van der Waals surface area contributed by atoms with Crippen molar-refractivity contribution in [1.82, 2.24) is 9.55 Å². The van der Waals surface area contributed by atoms with Crippen molar-refractivity contribution in [3.63, 3.8) is 0 Å². The van der Waals surface area contributed by atoms with E-state index in [-0.39, 0.29) is 5.92 Å². The van der Waals surface area contributed by atoms with Crippen LogP contribution in [0.25, 0.3) is 0 Å². The van der Waals surface area contributed by atoms with Crippen LogP contribution in [-0.2, 0) is 11.3 Å². The number of aromatic nitrogens is 2. The van der Waals surface area contributed by atoms with E-state index in [4.69, 9.17) is 0 Å². The van der Waals surface area contributed by atoms with Crippen LogP contribution in [0.4, 0.5) is 0 Å². The zero-order valence-electron chi connectivity index (χ0n) is 10.3. The maximum atomic E-state index is 11.3. The van der Waals surface area contributed by atoms with Gasteiger partial charge in [-0.1, -0.05) is 6.42 Å². The Hall–Kier alpha value is -0.970. The zero-order chi connectivity index (χ0) is 12.5. The van der Waals surface area contributed by atoms with Crippen molar-refractivity contribution in [3.8, 4) is 0 Å². The Morgan fingerprint density at radius 2 is 2.28 bits per heavy atom. The third kappa shape index (κ3) is 2.05. The quantitative estimate of drug-likeness (QED) is 0.894. The summed E-state index contributed by atoms with van der Waals surface area (Å²) in [6.45, 7) is 0.936. The summed E-state index contributed by atoms with van der Waals surface area (Å²) >= 11 is 1.97. The SMILES string of the molecule is O=C(O)C1CCCn2c1cnc2C1CCCCS1. The molecule has 98 valence electrons. The Morgan fingerprint density at radius 3 is 3.00 bits per heavy atom. The van der Waals surface area contributed by atoms with Crippen molar-refractivity contribution in [2.24, 2.45) is 0 Å². The maximum Gasteiger partial charge on any atom is 0.312 e. The van der Waals surface area contributed by atoms with Gasteiger partial charge in [0.25, 0.3) is 0 Å². The molecule has 0 radical (unpaired) electrons. The molecule has 5 heteroatoms. The lowest BCUT2D eigenvalue weighted by Gasteiger charge is -2.26. The van der Waals surface area contributed by atoms with E-state index in [9.17, 15) is 9.90 Å². The summed E-state index contributed by atoms with van der Waals surface area (Å²) in [7, 11) is 0. The molecular weight excluding hydrogens is 248 g/mol. The summed E-state index contributed by atoms with van der Waals surface area (Å²) < 4.78 is 2.17. The van der Waals surface area contributed by atoms with Crippen molar-refractivity contribution >= 4 is 17.7 Å². The smallest absolute Gasteiger partial charge is 0.312 e. The Morgan fingerprint density at radius 1 is 1.39 bits per heavy atom. The highest BCUT2D eigenvalue weighted by atomic mass is 32.2. The summed E-state index contributed by atoms with van der Waals surface area (Å²) in [4.78, 5) is 15.8. The second-order valence-electron chi connectivity index (χ2n) is 5.08. The minimum absolute atomic E-state index is 0.353. The molecule has 0 saturated carbocycles. The van der Waals surface area contributed by atoms with Crippen LogP contribution >= 0.6 is 11.8 Å². The van der Waals surface area contributed by atoms with Gasteiger partial charge >= 0.3 is 5.97 Å². The number of carbonyl (C=O) groups is 1. The fourth-order valence-electron chi connectivity index (χ4n) is 2.98. The monoisotopic (exact) mass is 266 g/mol. The molecule has 1 aromatic rings. The van der Waals surface area contributed by atoms with E-state index in [0.29, 0.717) is 5.25 Å². The number of carboxylic acids is 1. The predicted molar refractivity (Wildman–Crippen MR) is 70.9 cm³/mol. The van der Waals surface area contributed by atoms with Crippen LogP contribution in [0, 0.1) is 0 Å². The van der Waals surface area contributed by atoms with Gasteiger partial charge in [-0.2, -0.15) is 11.8 Å². The van der Waals surface area contributed by atoms with Gasteiger partial charge < -0.3 is 9.67 Å². The molecule has 1 saturated heterocycles.